The Hall–Kier alpha value is -3.75. The predicted octanol–water partition coefficient (Wildman–Crippen LogP) is 4.89. The van der Waals surface area contributed by atoms with Gasteiger partial charge in [-0.15, -0.1) is 0 Å². The molecule has 3 aromatic carbocycles. The van der Waals surface area contributed by atoms with Crippen LogP contribution in [0.15, 0.2) is 72.3 Å². The smallest absolute Gasteiger partial charge is 0.342 e. The summed E-state index contributed by atoms with van der Waals surface area (Å²) < 4.78 is 25.2. The van der Waals surface area contributed by atoms with Crippen LogP contribution in [0.2, 0.25) is 0 Å². The first-order valence-electron chi connectivity index (χ1n) is 11.2. The molecule has 0 saturated heterocycles. The first-order chi connectivity index (χ1) is 16.9. The third kappa shape index (κ3) is 4.38. The van der Waals surface area contributed by atoms with Crippen LogP contribution in [-0.2, 0) is 21.7 Å². The van der Waals surface area contributed by atoms with Gasteiger partial charge in [-0.3, -0.25) is 0 Å². The van der Waals surface area contributed by atoms with Gasteiger partial charge in [0, 0.05) is 17.6 Å². The van der Waals surface area contributed by atoms with E-state index in [4.69, 9.17) is 14.2 Å². The lowest BCUT2D eigenvalue weighted by molar-refractivity contribution is -0.185. The third-order valence-electron chi connectivity index (χ3n) is 5.86. The molecule has 0 amide bonds. The minimum atomic E-state index is -1.93. The molecule has 0 fully saturated rings. The Bertz CT molecular complexity index is 1410. The molecule has 1 aliphatic rings. The Morgan fingerprint density at radius 3 is 2.34 bits per heavy atom. The number of hydrogen-bond acceptors (Lipinski definition) is 8. The van der Waals surface area contributed by atoms with Crippen molar-refractivity contribution in [2.75, 3.05) is 7.11 Å². The molecule has 178 valence electrons. The van der Waals surface area contributed by atoms with Crippen molar-refractivity contribution in [2.24, 2.45) is 0 Å². The topological polar surface area (TPSA) is 90.8 Å². The second-order valence-corrected chi connectivity index (χ2v) is 9.10. The summed E-state index contributed by atoms with van der Waals surface area (Å²) in [5, 5.41) is 11.8. The molecule has 1 aliphatic heterocycles. The Morgan fingerprint density at radius 1 is 0.971 bits per heavy atom. The van der Waals surface area contributed by atoms with Crippen molar-refractivity contribution < 1.29 is 24.1 Å². The fourth-order valence-corrected chi connectivity index (χ4v) is 4.71. The number of aliphatic hydroxyl groups is 1. The van der Waals surface area contributed by atoms with E-state index in [-0.39, 0.29) is 6.10 Å². The number of ether oxygens (including phenoxy) is 3. The molecule has 0 radical (unpaired) electrons. The van der Waals surface area contributed by atoms with Crippen LogP contribution in [0.4, 0.5) is 0 Å². The number of aromatic nitrogens is 2. The van der Waals surface area contributed by atoms with Crippen LogP contribution >= 0.6 is 11.7 Å². The van der Waals surface area contributed by atoms with E-state index in [9.17, 15) is 9.90 Å². The molecule has 1 atom stereocenters. The zero-order chi connectivity index (χ0) is 24.6. The monoisotopic (exact) mass is 488 g/mol. The van der Waals surface area contributed by atoms with Crippen LogP contribution in [0.3, 0.4) is 0 Å². The van der Waals surface area contributed by atoms with Gasteiger partial charge in [0.25, 0.3) is 5.79 Å². The average molecular weight is 489 g/mol. The van der Waals surface area contributed by atoms with Crippen LogP contribution < -0.4 is 9.47 Å². The van der Waals surface area contributed by atoms with Gasteiger partial charge in [-0.05, 0) is 73.5 Å². The minimum Gasteiger partial charge on any atom is -0.497 e. The number of hydrogen-bond donors (Lipinski definition) is 1. The number of carbonyl (C=O) groups excluding carboxylic acids is 1. The predicted molar refractivity (Wildman–Crippen MR) is 133 cm³/mol. The zero-order valence-corrected chi connectivity index (χ0v) is 20.3. The van der Waals surface area contributed by atoms with Crippen molar-refractivity contribution in [1.82, 2.24) is 8.75 Å². The molecule has 35 heavy (non-hydrogen) atoms. The molecule has 0 saturated carbocycles. The van der Waals surface area contributed by atoms with Crippen LogP contribution in [0, 0.1) is 0 Å². The second-order valence-electron chi connectivity index (χ2n) is 8.57. The summed E-state index contributed by atoms with van der Waals surface area (Å²) in [4.78, 5) is 13.2. The number of nitrogens with zero attached hydrogens (tertiary/aromatic N) is 2. The standard InChI is InChI=1S/C27H24N2O5S/c1-16(2)33-21-11-7-19(8-12-21)27(31)22(14-17-4-9-20(32-3)10-5-17)25(26(30)34-27)18-6-13-23-24(15-18)29-35-28-23/h4-13,15-16,31H,14H2,1-3H3. The summed E-state index contributed by atoms with van der Waals surface area (Å²) in [7, 11) is 1.61. The molecule has 0 bridgehead atoms. The number of rotatable bonds is 7. The zero-order valence-electron chi connectivity index (χ0n) is 19.5. The summed E-state index contributed by atoms with van der Waals surface area (Å²) >= 11 is 1.11. The van der Waals surface area contributed by atoms with Crippen LogP contribution in [-0.4, -0.2) is 33.0 Å². The Kier molecular flexibility index (Phi) is 6.00. The lowest BCUT2D eigenvalue weighted by atomic mass is 9.88. The molecule has 1 aromatic heterocycles. The molecular formula is C27H24N2O5S. The fraction of sp³-hybridized carbons (Fsp3) is 0.222. The highest BCUT2D eigenvalue weighted by Gasteiger charge is 2.48. The SMILES string of the molecule is COc1ccc(CC2=C(c3ccc4nsnc4c3)C(=O)OC2(O)c2ccc(OC(C)C)cc2)cc1. The summed E-state index contributed by atoms with van der Waals surface area (Å²) in [6.07, 6.45) is 0.305. The second kappa shape index (κ2) is 9.13. The van der Waals surface area contributed by atoms with Crippen molar-refractivity contribution in [2.45, 2.75) is 32.2 Å². The summed E-state index contributed by atoms with van der Waals surface area (Å²) in [5.74, 6) is -1.14. The first-order valence-corrected chi connectivity index (χ1v) is 11.9. The minimum absolute atomic E-state index is 0.0143. The van der Waals surface area contributed by atoms with Crippen molar-refractivity contribution in [3.63, 3.8) is 0 Å². The van der Waals surface area contributed by atoms with E-state index in [1.54, 1.807) is 43.5 Å². The van der Waals surface area contributed by atoms with Gasteiger partial charge in [-0.2, -0.15) is 8.75 Å². The molecule has 5 rings (SSSR count). The highest BCUT2D eigenvalue weighted by molar-refractivity contribution is 7.00. The number of carbonyl (C=O) groups is 1. The van der Waals surface area contributed by atoms with Crippen LogP contribution in [0.5, 0.6) is 11.5 Å². The molecule has 2 heterocycles. The van der Waals surface area contributed by atoms with E-state index in [1.165, 1.54) is 0 Å². The van der Waals surface area contributed by atoms with E-state index in [1.807, 2.05) is 44.2 Å². The van der Waals surface area contributed by atoms with Crippen LogP contribution in [0.1, 0.15) is 30.5 Å². The normalized spacial score (nSPS) is 17.8. The fourth-order valence-electron chi connectivity index (χ4n) is 4.19. The van der Waals surface area contributed by atoms with E-state index in [0.29, 0.717) is 40.0 Å². The third-order valence-corrected chi connectivity index (χ3v) is 6.41. The van der Waals surface area contributed by atoms with Crippen molar-refractivity contribution >= 4 is 34.3 Å². The average Bonchev–Trinajstić information content (AvgIpc) is 3.41. The Morgan fingerprint density at radius 2 is 1.66 bits per heavy atom. The summed E-state index contributed by atoms with van der Waals surface area (Å²) in [6.45, 7) is 3.88. The van der Waals surface area contributed by atoms with Crippen molar-refractivity contribution in [3.8, 4) is 11.5 Å². The Balaban J connectivity index is 1.63. The van der Waals surface area contributed by atoms with E-state index < -0.39 is 11.8 Å². The Labute approximate surface area is 206 Å². The van der Waals surface area contributed by atoms with Gasteiger partial charge in [-0.25, -0.2) is 4.79 Å². The molecule has 0 aliphatic carbocycles. The first kappa shape index (κ1) is 23.0. The number of fused-ring (bicyclic) bond motifs is 1. The van der Waals surface area contributed by atoms with Gasteiger partial charge < -0.3 is 19.3 Å². The maximum atomic E-state index is 13.2. The maximum Gasteiger partial charge on any atom is 0.342 e. The molecule has 1 unspecified atom stereocenters. The van der Waals surface area contributed by atoms with Gasteiger partial charge in [-0.1, -0.05) is 18.2 Å². The number of esters is 1. The lowest BCUT2D eigenvalue weighted by Gasteiger charge is -2.26. The highest BCUT2D eigenvalue weighted by atomic mass is 32.1. The largest absolute Gasteiger partial charge is 0.497 e. The number of methoxy groups -OCH3 is 1. The van der Waals surface area contributed by atoms with Gasteiger partial charge in [0.1, 0.15) is 22.5 Å². The van der Waals surface area contributed by atoms with Crippen LogP contribution in [0.25, 0.3) is 16.6 Å². The maximum absolute atomic E-state index is 13.2. The molecule has 8 heteroatoms. The van der Waals surface area contributed by atoms with E-state index in [0.717, 1.165) is 28.6 Å². The number of benzene rings is 3. The van der Waals surface area contributed by atoms with Gasteiger partial charge in [0.05, 0.1) is 30.5 Å². The summed E-state index contributed by atoms with van der Waals surface area (Å²) in [6, 6.07) is 19.9. The van der Waals surface area contributed by atoms with Gasteiger partial charge in [0.2, 0.25) is 0 Å². The molecule has 7 nitrogen and oxygen atoms in total. The van der Waals surface area contributed by atoms with Crippen molar-refractivity contribution in [1.29, 1.82) is 0 Å². The molecule has 1 N–H and O–H groups in total. The quantitative estimate of drug-likeness (QED) is 0.371. The lowest BCUT2D eigenvalue weighted by Crippen LogP contribution is -2.29. The van der Waals surface area contributed by atoms with E-state index >= 15 is 0 Å². The van der Waals surface area contributed by atoms with E-state index in [2.05, 4.69) is 8.75 Å². The van der Waals surface area contributed by atoms with Gasteiger partial charge in [0.15, 0.2) is 0 Å². The van der Waals surface area contributed by atoms with Gasteiger partial charge >= 0.3 is 5.97 Å². The molecular weight excluding hydrogens is 464 g/mol. The van der Waals surface area contributed by atoms with Crippen molar-refractivity contribution in [3.05, 3.63) is 89.0 Å². The molecule has 0 spiro atoms. The summed E-state index contributed by atoms with van der Waals surface area (Å²) in [5.41, 5.74) is 4.16. The highest BCUT2D eigenvalue weighted by Crippen LogP contribution is 2.45. The number of cyclic esters (lactones) is 1. The molecule has 4 aromatic rings.